The lowest BCUT2D eigenvalue weighted by atomic mass is 10.2. The van der Waals surface area contributed by atoms with Crippen LogP contribution in [0.25, 0.3) is 0 Å². The second kappa shape index (κ2) is 9.94. The third-order valence-corrected chi connectivity index (χ3v) is 5.67. The topological polar surface area (TPSA) is 175 Å². The van der Waals surface area contributed by atoms with Crippen molar-refractivity contribution < 1.29 is 38.4 Å². The molecule has 14 heteroatoms. The SMILES string of the molecule is O=C1C=CC(=O)N1c1cccc(N2C(=O)C=CC2=O)n1.O=C1C=CC(=O)N1c1ccncc1N1C(=O)C=CC1=O. The Morgan fingerprint density at radius 3 is 1.18 bits per heavy atom. The highest BCUT2D eigenvalue weighted by Gasteiger charge is 2.34. The third-order valence-electron chi connectivity index (χ3n) is 5.67. The Morgan fingerprint density at radius 1 is 0.425 bits per heavy atom. The van der Waals surface area contributed by atoms with Crippen LogP contribution in [-0.4, -0.2) is 57.2 Å². The molecule has 0 saturated heterocycles. The van der Waals surface area contributed by atoms with Crippen molar-refractivity contribution >= 4 is 70.3 Å². The second-order valence-corrected chi connectivity index (χ2v) is 8.10. The highest BCUT2D eigenvalue weighted by atomic mass is 16.2. The van der Waals surface area contributed by atoms with Gasteiger partial charge >= 0.3 is 0 Å². The van der Waals surface area contributed by atoms with Crippen molar-refractivity contribution in [2.24, 2.45) is 0 Å². The monoisotopic (exact) mass is 538 g/mol. The van der Waals surface area contributed by atoms with Crippen LogP contribution in [0.3, 0.4) is 0 Å². The largest absolute Gasteiger partial charge is 0.269 e. The molecule has 4 aliphatic rings. The molecule has 6 heterocycles. The molecule has 0 bridgehead atoms. The van der Waals surface area contributed by atoms with E-state index in [4.69, 9.17) is 0 Å². The van der Waals surface area contributed by atoms with Gasteiger partial charge in [-0.2, -0.15) is 0 Å². The highest BCUT2D eigenvalue weighted by Crippen LogP contribution is 2.32. The summed E-state index contributed by atoms with van der Waals surface area (Å²) in [4.78, 5) is 104. The standard InChI is InChI=1S/2C13H7N3O4/c17-10-1-2-11(18)15(10)8-5-6-14-7-9(8)16-12(19)3-4-13(16)20;17-10-4-5-11(18)15(10)8-2-1-3-9(14-8)16-12(19)6-7-13(16)20/h2*1-7H. The van der Waals surface area contributed by atoms with Crippen LogP contribution in [0.4, 0.5) is 23.0 Å². The Bertz CT molecular complexity index is 1500. The van der Waals surface area contributed by atoms with Gasteiger partial charge in [0.25, 0.3) is 47.3 Å². The van der Waals surface area contributed by atoms with Crippen LogP contribution < -0.4 is 19.6 Å². The van der Waals surface area contributed by atoms with Crippen molar-refractivity contribution in [2.75, 3.05) is 19.6 Å². The molecule has 0 fully saturated rings. The quantitative estimate of drug-likeness (QED) is 0.477. The molecule has 2 aromatic rings. The number of imide groups is 4. The van der Waals surface area contributed by atoms with Crippen LogP contribution in [0.2, 0.25) is 0 Å². The average molecular weight is 538 g/mol. The summed E-state index contributed by atoms with van der Waals surface area (Å²) in [6.07, 6.45) is 11.6. The van der Waals surface area contributed by atoms with Crippen LogP contribution in [-0.2, 0) is 38.4 Å². The van der Waals surface area contributed by atoms with Gasteiger partial charge in [-0.05, 0) is 18.2 Å². The Hall–Kier alpha value is -6.18. The van der Waals surface area contributed by atoms with Crippen LogP contribution >= 0.6 is 0 Å². The number of carbonyl (C=O) groups excluding carboxylic acids is 8. The minimum Gasteiger partial charge on any atom is -0.269 e. The third kappa shape index (κ3) is 4.41. The van der Waals surface area contributed by atoms with Gasteiger partial charge in [-0.3, -0.25) is 43.3 Å². The Morgan fingerprint density at radius 2 is 0.775 bits per heavy atom. The van der Waals surface area contributed by atoms with E-state index in [9.17, 15) is 38.4 Å². The van der Waals surface area contributed by atoms with Crippen LogP contribution in [0, 0.1) is 0 Å². The van der Waals surface area contributed by atoms with Crippen LogP contribution in [0.1, 0.15) is 0 Å². The molecule has 0 saturated carbocycles. The minimum atomic E-state index is -0.545. The molecule has 0 aromatic carbocycles. The number of hydrogen-bond donors (Lipinski definition) is 0. The van der Waals surface area contributed by atoms with Gasteiger partial charge in [0.2, 0.25) is 0 Å². The highest BCUT2D eigenvalue weighted by molar-refractivity contribution is 6.33. The summed E-state index contributed by atoms with van der Waals surface area (Å²) in [6.45, 7) is 0. The van der Waals surface area contributed by atoms with Crippen molar-refractivity contribution in [2.45, 2.75) is 0 Å². The van der Waals surface area contributed by atoms with E-state index in [1.165, 1.54) is 36.7 Å². The van der Waals surface area contributed by atoms with Crippen LogP contribution in [0.15, 0.2) is 85.3 Å². The Kier molecular flexibility index (Phi) is 6.33. The number of nitrogens with zero attached hydrogens (tertiary/aromatic N) is 6. The first-order valence-corrected chi connectivity index (χ1v) is 11.3. The Labute approximate surface area is 223 Å². The predicted octanol–water partition coefficient (Wildman–Crippen LogP) is -0.119. The van der Waals surface area contributed by atoms with E-state index in [1.54, 1.807) is 0 Å². The Balaban J connectivity index is 0.000000161. The molecular formula is C26H14N6O8. The smallest absolute Gasteiger partial charge is 0.259 e. The first-order chi connectivity index (χ1) is 19.2. The number of rotatable bonds is 4. The van der Waals surface area contributed by atoms with Crippen LogP contribution in [0.5, 0.6) is 0 Å². The maximum atomic E-state index is 11.7. The van der Waals surface area contributed by atoms with Gasteiger partial charge in [-0.15, -0.1) is 0 Å². The molecule has 2 aromatic heterocycles. The number of pyridine rings is 2. The van der Waals surface area contributed by atoms with E-state index in [2.05, 4.69) is 9.97 Å². The molecule has 14 nitrogen and oxygen atoms in total. The lowest BCUT2D eigenvalue weighted by Crippen LogP contribution is -2.35. The fourth-order valence-electron chi connectivity index (χ4n) is 3.93. The summed E-state index contributed by atoms with van der Waals surface area (Å²) in [7, 11) is 0. The summed E-state index contributed by atoms with van der Waals surface area (Å²) >= 11 is 0. The molecule has 0 atom stereocenters. The van der Waals surface area contributed by atoms with E-state index in [0.717, 1.165) is 68.2 Å². The van der Waals surface area contributed by atoms with Gasteiger partial charge < -0.3 is 0 Å². The van der Waals surface area contributed by atoms with Gasteiger partial charge in [-0.25, -0.2) is 24.6 Å². The van der Waals surface area contributed by atoms with E-state index in [-0.39, 0.29) is 23.0 Å². The molecule has 8 amide bonds. The number of amides is 8. The second-order valence-electron chi connectivity index (χ2n) is 8.10. The normalized spacial score (nSPS) is 17.8. The zero-order chi connectivity index (χ0) is 28.6. The lowest BCUT2D eigenvalue weighted by Gasteiger charge is -2.22. The summed E-state index contributed by atoms with van der Waals surface area (Å²) in [5, 5.41) is 0. The molecule has 6 rings (SSSR count). The lowest BCUT2D eigenvalue weighted by molar-refractivity contribution is -0.122. The zero-order valence-electron chi connectivity index (χ0n) is 20.0. The zero-order valence-corrected chi connectivity index (χ0v) is 20.0. The van der Waals surface area contributed by atoms with Gasteiger partial charge in [-0.1, -0.05) is 6.07 Å². The minimum absolute atomic E-state index is 0.0648. The first-order valence-electron chi connectivity index (χ1n) is 11.3. The molecule has 0 aliphatic carbocycles. The summed E-state index contributed by atoms with van der Waals surface area (Å²) < 4.78 is 0. The van der Waals surface area contributed by atoms with E-state index in [1.807, 2.05) is 0 Å². The molecule has 0 N–H and O–H groups in total. The van der Waals surface area contributed by atoms with Crippen molar-refractivity contribution in [3.8, 4) is 0 Å². The fourth-order valence-corrected chi connectivity index (χ4v) is 3.93. The van der Waals surface area contributed by atoms with Crippen molar-refractivity contribution in [1.82, 2.24) is 9.97 Å². The number of carbonyl (C=O) groups is 8. The maximum absolute atomic E-state index is 11.7. The molecular weight excluding hydrogens is 524 g/mol. The van der Waals surface area contributed by atoms with Gasteiger partial charge in [0.1, 0.15) is 11.6 Å². The van der Waals surface area contributed by atoms with Crippen molar-refractivity contribution in [1.29, 1.82) is 0 Å². The maximum Gasteiger partial charge on any atom is 0.259 e. The average Bonchev–Trinajstić information content (AvgIpc) is 3.66. The van der Waals surface area contributed by atoms with Gasteiger partial charge in [0, 0.05) is 54.8 Å². The van der Waals surface area contributed by atoms with E-state index in [0.29, 0.717) is 0 Å². The molecule has 0 unspecified atom stereocenters. The van der Waals surface area contributed by atoms with E-state index >= 15 is 0 Å². The van der Waals surface area contributed by atoms with Gasteiger partial charge in [0.15, 0.2) is 0 Å². The molecule has 40 heavy (non-hydrogen) atoms. The van der Waals surface area contributed by atoms with E-state index < -0.39 is 47.3 Å². The van der Waals surface area contributed by atoms with Gasteiger partial charge in [0.05, 0.1) is 17.6 Å². The fraction of sp³-hybridized carbons (Fsp3) is 0. The molecule has 196 valence electrons. The van der Waals surface area contributed by atoms with Crippen molar-refractivity contribution in [3.05, 3.63) is 85.3 Å². The molecule has 0 spiro atoms. The number of hydrogen-bond acceptors (Lipinski definition) is 10. The predicted molar refractivity (Wildman–Crippen MR) is 135 cm³/mol. The molecule has 4 aliphatic heterocycles. The summed E-state index contributed by atoms with van der Waals surface area (Å²) in [5.74, 6) is -4.09. The number of anilines is 4. The molecule has 0 radical (unpaired) electrons. The van der Waals surface area contributed by atoms with Crippen molar-refractivity contribution in [3.63, 3.8) is 0 Å². The number of aromatic nitrogens is 2. The summed E-state index contributed by atoms with van der Waals surface area (Å²) in [5.41, 5.74) is 0.239. The first kappa shape index (κ1) is 25.5. The summed E-state index contributed by atoms with van der Waals surface area (Å²) in [6, 6.07) is 5.81.